The predicted molar refractivity (Wildman–Crippen MR) is 64.1 cm³/mol. The number of aliphatic carboxylic acids is 1. The zero-order valence-electron chi connectivity index (χ0n) is 10.5. The van der Waals surface area contributed by atoms with Crippen molar-refractivity contribution in [2.75, 3.05) is 39.3 Å². The Labute approximate surface area is 102 Å². The molecule has 0 aliphatic carbocycles. The van der Waals surface area contributed by atoms with Gasteiger partial charge in [-0.25, -0.2) is 0 Å². The fourth-order valence-electron chi connectivity index (χ4n) is 2.76. The smallest absolute Gasteiger partial charge is 0.320 e. The van der Waals surface area contributed by atoms with Gasteiger partial charge in [-0.1, -0.05) is 6.92 Å². The second-order valence-electron chi connectivity index (χ2n) is 4.88. The zero-order chi connectivity index (χ0) is 12.3. The van der Waals surface area contributed by atoms with Gasteiger partial charge in [0.15, 0.2) is 0 Å². The first-order valence-corrected chi connectivity index (χ1v) is 6.51. The van der Waals surface area contributed by atoms with Crippen LogP contribution in [-0.4, -0.2) is 72.4 Å². The van der Waals surface area contributed by atoms with Crippen LogP contribution in [0.3, 0.4) is 0 Å². The Balaban J connectivity index is 1.85. The number of carbonyl (C=O) groups is 1. The van der Waals surface area contributed by atoms with Crippen LogP contribution in [0.4, 0.5) is 0 Å². The van der Waals surface area contributed by atoms with Crippen molar-refractivity contribution in [2.45, 2.75) is 31.9 Å². The lowest BCUT2D eigenvalue weighted by Gasteiger charge is -2.35. The van der Waals surface area contributed by atoms with E-state index in [-0.39, 0.29) is 12.1 Å². The van der Waals surface area contributed by atoms with E-state index in [9.17, 15) is 4.79 Å². The summed E-state index contributed by atoms with van der Waals surface area (Å²) in [5, 5.41) is 9.12. The van der Waals surface area contributed by atoms with Gasteiger partial charge in [0.05, 0.1) is 12.7 Å². The van der Waals surface area contributed by atoms with Crippen molar-refractivity contribution in [3.63, 3.8) is 0 Å². The predicted octanol–water partition coefficient (Wildman–Crippen LogP) is 0.256. The summed E-state index contributed by atoms with van der Waals surface area (Å²) in [6.45, 7) is 7.54. The normalized spacial score (nSPS) is 31.8. The van der Waals surface area contributed by atoms with Crippen LogP contribution < -0.4 is 0 Å². The highest BCUT2D eigenvalue weighted by Gasteiger charge is 2.33. The summed E-state index contributed by atoms with van der Waals surface area (Å²) < 4.78 is 5.72. The molecule has 2 aliphatic heterocycles. The molecule has 0 aromatic carbocycles. The quantitative estimate of drug-likeness (QED) is 0.766. The molecular weight excluding hydrogens is 220 g/mol. The number of likely N-dealkylation sites (N-methyl/N-ethyl adjacent to an activating group) is 1. The van der Waals surface area contributed by atoms with Gasteiger partial charge in [-0.15, -0.1) is 0 Å². The van der Waals surface area contributed by atoms with Gasteiger partial charge >= 0.3 is 5.97 Å². The molecule has 2 atom stereocenters. The third-order valence-corrected chi connectivity index (χ3v) is 3.76. The van der Waals surface area contributed by atoms with Gasteiger partial charge in [-0.2, -0.15) is 0 Å². The minimum atomic E-state index is -0.689. The number of carboxylic acids is 1. The van der Waals surface area contributed by atoms with Gasteiger partial charge in [0.1, 0.15) is 6.04 Å². The summed E-state index contributed by atoms with van der Waals surface area (Å²) >= 11 is 0. The van der Waals surface area contributed by atoms with Crippen molar-refractivity contribution >= 4 is 5.97 Å². The second-order valence-corrected chi connectivity index (χ2v) is 4.88. The van der Waals surface area contributed by atoms with Crippen LogP contribution in [0.1, 0.15) is 19.8 Å². The Bertz CT molecular complexity index is 272. The lowest BCUT2D eigenvalue weighted by molar-refractivity contribution is -0.143. The number of hydrogen-bond acceptors (Lipinski definition) is 4. The van der Waals surface area contributed by atoms with E-state index in [2.05, 4.69) is 16.7 Å². The van der Waals surface area contributed by atoms with E-state index in [0.717, 1.165) is 52.2 Å². The first-order chi connectivity index (χ1) is 8.20. The molecule has 0 bridgehead atoms. The molecule has 1 N–H and O–H groups in total. The van der Waals surface area contributed by atoms with E-state index in [4.69, 9.17) is 9.84 Å². The van der Waals surface area contributed by atoms with E-state index in [1.807, 2.05) is 0 Å². The number of hydrogen-bond donors (Lipinski definition) is 1. The average Bonchev–Trinajstić information content (AvgIpc) is 2.77. The van der Waals surface area contributed by atoms with Crippen LogP contribution in [0, 0.1) is 0 Å². The summed E-state index contributed by atoms with van der Waals surface area (Å²) in [7, 11) is 0. The Hall–Kier alpha value is -0.650. The molecule has 2 fully saturated rings. The first-order valence-electron chi connectivity index (χ1n) is 6.51. The second kappa shape index (κ2) is 5.80. The summed E-state index contributed by atoms with van der Waals surface area (Å²) in [5.41, 5.74) is 0. The van der Waals surface area contributed by atoms with Gasteiger partial charge in [0.25, 0.3) is 0 Å². The number of ether oxygens (including phenoxy) is 1. The van der Waals surface area contributed by atoms with Gasteiger partial charge in [0.2, 0.25) is 0 Å². The summed E-state index contributed by atoms with van der Waals surface area (Å²) in [6, 6.07) is -0.296. The maximum absolute atomic E-state index is 11.1. The number of carboxylic acid groups (broad SMARTS) is 1. The van der Waals surface area contributed by atoms with Crippen LogP contribution >= 0.6 is 0 Å². The van der Waals surface area contributed by atoms with Gasteiger partial charge in [-0.05, 0) is 25.9 Å². The van der Waals surface area contributed by atoms with Crippen LogP contribution in [0.15, 0.2) is 0 Å². The highest BCUT2D eigenvalue weighted by molar-refractivity contribution is 5.73. The number of morpholine rings is 1. The maximum Gasteiger partial charge on any atom is 0.320 e. The lowest BCUT2D eigenvalue weighted by atomic mass is 10.2. The van der Waals surface area contributed by atoms with Gasteiger partial charge < -0.3 is 9.84 Å². The van der Waals surface area contributed by atoms with Gasteiger partial charge in [-0.3, -0.25) is 14.6 Å². The molecule has 0 aromatic heterocycles. The van der Waals surface area contributed by atoms with Crippen LogP contribution in [0.25, 0.3) is 0 Å². The molecule has 2 rings (SSSR count). The molecule has 98 valence electrons. The number of likely N-dealkylation sites (tertiary alicyclic amines) is 1. The Kier molecular flexibility index (Phi) is 4.36. The van der Waals surface area contributed by atoms with E-state index in [1.54, 1.807) is 0 Å². The summed E-state index contributed by atoms with van der Waals surface area (Å²) in [4.78, 5) is 15.5. The highest BCUT2D eigenvalue weighted by atomic mass is 16.5. The van der Waals surface area contributed by atoms with Crippen LogP contribution in [0.2, 0.25) is 0 Å². The molecule has 0 aromatic rings. The third-order valence-electron chi connectivity index (χ3n) is 3.76. The van der Waals surface area contributed by atoms with Crippen LogP contribution in [-0.2, 0) is 9.53 Å². The fourth-order valence-corrected chi connectivity index (χ4v) is 2.76. The summed E-state index contributed by atoms with van der Waals surface area (Å²) in [6.07, 6.45) is 1.93. The van der Waals surface area contributed by atoms with Gasteiger partial charge in [0, 0.05) is 19.6 Å². The van der Waals surface area contributed by atoms with E-state index >= 15 is 0 Å². The molecule has 5 heteroatoms. The van der Waals surface area contributed by atoms with E-state index < -0.39 is 5.97 Å². The monoisotopic (exact) mass is 242 g/mol. The van der Waals surface area contributed by atoms with E-state index in [0.29, 0.717) is 0 Å². The average molecular weight is 242 g/mol. The number of nitrogens with zero attached hydrogens (tertiary/aromatic N) is 2. The van der Waals surface area contributed by atoms with E-state index in [1.165, 1.54) is 0 Å². The maximum atomic E-state index is 11.1. The molecule has 2 heterocycles. The first kappa shape index (κ1) is 12.8. The largest absolute Gasteiger partial charge is 0.480 e. The van der Waals surface area contributed by atoms with Crippen molar-refractivity contribution in [1.29, 1.82) is 0 Å². The molecule has 2 unspecified atom stereocenters. The molecule has 0 radical (unpaired) electrons. The zero-order valence-corrected chi connectivity index (χ0v) is 10.5. The lowest BCUT2D eigenvalue weighted by Crippen LogP contribution is -2.49. The minimum absolute atomic E-state index is 0.170. The molecule has 5 nitrogen and oxygen atoms in total. The molecule has 0 amide bonds. The number of rotatable bonds is 4. The topological polar surface area (TPSA) is 53.0 Å². The Morgan fingerprint density at radius 1 is 1.47 bits per heavy atom. The molecule has 0 spiro atoms. The standard InChI is InChI=1S/C12H22N2O3/c1-2-13-6-7-17-10(8-13)9-14-5-3-4-11(14)12(15)16/h10-11H,2-9H2,1H3,(H,15,16). The minimum Gasteiger partial charge on any atom is -0.480 e. The van der Waals surface area contributed by atoms with Crippen molar-refractivity contribution in [1.82, 2.24) is 9.80 Å². The Morgan fingerprint density at radius 2 is 2.29 bits per heavy atom. The van der Waals surface area contributed by atoms with Crippen molar-refractivity contribution in [2.24, 2.45) is 0 Å². The molecule has 2 aliphatic rings. The van der Waals surface area contributed by atoms with Crippen molar-refractivity contribution < 1.29 is 14.6 Å². The highest BCUT2D eigenvalue weighted by Crippen LogP contribution is 2.19. The molecular formula is C12H22N2O3. The molecule has 17 heavy (non-hydrogen) atoms. The van der Waals surface area contributed by atoms with Crippen LogP contribution in [0.5, 0.6) is 0 Å². The summed E-state index contributed by atoms with van der Waals surface area (Å²) in [5.74, 6) is -0.689. The Morgan fingerprint density at radius 3 is 3.00 bits per heavy atom. The molecule has 2 saturated heterocycles. The van der Waals surface area contributed by atoms with Crippen molar-refractivity contribution in [3.8, 4) is 0 Å². The van der Waals surface area contributed by atoms with Crippen molar-refractivity contribution in [3.05, 3.63) is 0 Å². The molecule has 0 saturated carbocycles. The fraction of sp³-hybridized carbons (Fsp3) is 0.917. The SMILES string of the molecule is CCN1CCOC(CN2CCCC2C(=O)O)C1. The third kappa shape index (κ3) is 3.18.